The van der Waals surface area contributed by atoms with Gasteiger partial charge in [0.15, 0.2) is 0 Å². The van der Waals surface area contributed by atoms with E-state index in [1.165, 1.54) is 31.3 Å². The number of hydrogen-bond donors (Lipinski definition) is 2. The molecule has 0 spiro atoms. The number of nitrogens with zero attached hydrogens (tertiary/aromatic N) is 1. The summed E-state index contributed by atoms with van der Waals surface area (Å²) < 4.78 is 27.5. The Morgan fingerprint density at radius 2 is 2.00 bits per heavy atom. The number of hydrogen-bond acceptors (Lipinski definition) is 4. The maximum absolute atomic E-state index is 12.4. The number of nitrogens with one attached hydrogen (secondary N) is 1. The smallest absolute Gasteiger partial charge is 0.335 e. The van der Waals surface area contributed by atoms with Gasteiger partial charge in [-0.3, -0.25) is 4.72 Å². The van der Waals surface area contributed by atoms with E-state index >= 15 is 0 Å². The fourth-order valence-electron chi connectivity index (χ4n) is 1.80. The number of carboxylic acid groups (broad SMARTS) is 1. The normalized spacial score (nSPS) is 11.1. The first-order valence-electron chi connectivity index (χ1n) is 5.79. The van der Waals surface area contributed by atoms with E-state index in [4.69, 9.17) is 5.11 Å². The van der Waals surface area contributed by atoms with Crippen LogP contribution in [0, 0.1) is 6.92 Å². The summed E-state index contributed by atoms with van der Waals surface area (Å²) in [5.41, 5.74) is 0.401. The predicted molar refractivity (Wildman–Crippen MR) is 80.9 cm³/mol. The van der Waals surface area contributed by atoms with Gasteiger partial charge in [-0.1, -0.05) is 6.07 Å². The van der Waals surface area contributed by atoms with Gasteiger partial charge in [0.25, 0.3) is 10.0 Å². The summed E-state index contributed by atoms with van der Waals surface area (Å²) in [5.74, 6) is -1.17. The number of rotatable bonds is 4. The first kappa shape index (κ1) is 15.5. The third-order valence-corrected chi connectivity index (χ3v) is 4.95. The lowest BCUT2D eigenvalue weighted by Gasteiger charge is -2.12. The second kappa shape index (κ2) is 5.82. The molecule has 21 heavy (non-hydrogen) atoms. The fraction of sp³-hybridized carbons (Fsp3) is 0.0769. The number of carboxylic acids is 1. The molecule has 0 saturated carbocycles. The van der Waals surface area contributed by atoms with E-state index < -0.39 is 16.0 Å². The standard InChI is InChI=1S/C13H11BrN2O4S/c1-8-9(13(17)18)4-2-6-11(8)21(19,20)16-10-5-3-7-15-12(10)14/h2-7,16H,1H3,(H,17,18). The Labute approximate surface area is 130 Å². The van der Waals surface area contributed by atoms with E-state index in [2.05, 4.69) is 25.6 Å². The summed E-state index contributed by atoms with van der Waals surface area (Å²) >= 11 is 3.15. The molecule has 0 bridgehead atoms. The summed E-state index contributed by atoms with van der Waals surface area (Å²) in [7, 11) is -3.91. The predicted octanol–water partition coefficient (Wildman–Crippen LogP) is 2.65. The molecule has 0 aliphatic rings. The average Bonchev–Trinajstić information content (AvgIpc) is 2.41. The van der Waals surface area contributed by atoms with Crippen molar-refractivity contribution in [3.63, 3.8) is 0 Å². The first-order chi connectivity index (χ1) is 9.83. The van der Waals surface area contributed by atoms with E-state index in [-0.39, 0.29) is 21.7 Å². The van der Waals surface area contributed by atoms with Crippen molar-refractivity contribution in [2.45, 2.75) is 11.8 Å². The summed E-state index contributed by atoms with van der Waals surface area (Å²) in [4.78, 5) is 14.9. The highest BCUT2D eigenvalue weighted by molar-refractivity contribution is 9.10. The van der Waals surface area contributed by atoms with Crippen LogP contribution in [-0.4, -0.2) is 24.5 Å². The van der Waals surface area contributed by atoms with E-state index in [1.54, 1.807) is 12.1 Å². The topological polar surface area (TPSA) is 96.4 Å². The third kappa shape index (κ3) is 3.22. The zero-order valence-corrected chi connectivity index (χ0v) is 13.3. The molecule has 2 rings (SSSR count). The van der Waals surface area contributed by atoms with Crippen LogP contribution in [0.1, 0.15) is 15.9 Å². The number of aromatic nitrogens is 1. The number of benzene rings is 1. The third-order valence-electron chi connectivity index (χ3n) is 2.81. The largest absolute Gasteiger partial charge is 0.478 e. The Morgan fingerprint density at radius 3 is 2.62 bits per heavy atom. The molecule has 2 N–H and O–H groups in total. The molecule has 0 radical (unpaired) electrons. The van der Waals surface area contributed by atoms with Gasteiger partial charge < -0.3 is 5.11 Å². The Hall–Kier alpha value is -1.93. The van der Waals surface area contributed by atoms with E-state index in [9.17, 15) is 13.2 Å². The lowest BCUT2D eigenvalue weighted by molar-refractivity contribution is 0.0696. The van der Waals surface area contributed by atoms with Gasteiger partial charge in [0.1, 0.15) is 4.60 Å². The zero-order chi connectivity index (χ0) is 15.6. The van der Waals surface area contributed by atoms with Crippen LogP contribution in [0.15, 0.2) is 46.0 Å². The molecule has 0 atom stereocenters. The van der Waals surface area contributed by atoms with Crippen molar-refractivity contribution in [1.29, 1.82) is 0 Å². The Morgan fingerprint density at radius 1 is 1.29 bits per heavy atom. The van der Waals surface area contributed by atoms with Gasteiger partial charge >= 0.3 is 5.97 Å². The summed E-state index contributed by atoms with van der Waals surface area (Å²) in [5, 5.41) is 9.06. The van der Waals surface area contributed by atoms with Crippen molar-refractivity contribution in [3.05, 3.63) is 52.3 Å². The van der Waals surface area contributed by atoms with Crippen molar-refractivity contribution < 1.29 is 18.3 Å². The van der Waals surface area contributed by atoms with Crippen molar-refractivity contribution in [2.24, 2.45) is 0 Å². The highest BCUT2D eigenvalue weighted by Gasteiger charge is 2.21. The lowest BCUT2D eigenvalue weighted by atomic mass is 10.1. The summed E-state index contributed by atoms with van der Waals surface area (Å²) in [6, 6.07) is 7.24. The van der Waals surface area contributed by atoms with Gasteiger partial charge in [0.05, 0.1) is 16.1 Å². The van der Waals surface area contributed by atoms with E-state index in [0.717, 1.165) is 0 Å². The number of anilines is 1. The second-order valence-electron chi connectivity index (χ2n) is 4.18. The summed E-state index contributed by atoms with van der Waals surface area (Å²) in [6.07, 6.45) is 1.51. The van der Waals surface area contributed by atoms with Gasteiger partial charge in [-0.15, -0.1) is 0 Å². The van der Waals surface area contributed by atoms with Crippen molar-refractivity contribution in [3.8, 4) is 0 Å². The molecule has 0 aliphatic heterocycles. The van der Waals surface area contributed by atoms with Crippen LogP contribution in [0.3, 0.4) is 0 Å². The number of sulfonamides is 1. The number of halogens is 1. The molecule has 0 amide bonds. The van der Waals surface area contributed by atoms with Crippen LogP contribution in [0.2, 0.25) is 0 Å². The van der Waals surface area contributed by atoms with Crippen molar-refractivity contribution in [1.82, 2.24) is 4.98 Å². The minimum atomic E-state index is -3.91. The highest BCUT2D eigenvalue weighted by Crippen LogP contribution is 2.25. The fourth-order valence-corrected chi connectivity index (χ4v) is 3.61. The SMILES string of the molecule is Cc1c(C(=O)O)cccc1S(=O)(=O)Nc1cccnc1Br. The van der Waals surface area contributed by atoms with Gasteiger partial charge in [-0.05, 0) is 52.7 Å². The van der Waals surface area contributed by atoms with E-state index in [0.29, 0.717) is 4.60 Å². The van der Waals surface area contributed by atoms with Crippen LogP contribution in [0.25, 0.3) is 0 Å². The van der Waals surface area contributed by atoms with Gasteiger partial charge in [0.2, 0.25) is 0 Å². The molecule has 0 aliphatic carbocycles. The molecule has 0 unspecified atom stereocenters. The number of carbonyl (C=O) groups is 1. The Kier molecular flexibility index (Phi) is 4.29. The molecule has 1 aromatic heterocycles. The minimum Gasteiger partial charge on any atom is -0.478 e. The molecule has 0 fully saturated rings. The molecule has 110 valence electrons. The molecular formula is C13H11BrN2O4S. The van der Waals surface area contributed by atoms with Gasteiger partial charge in [0, 0.05) is 6.20 Å². The summed E-state index contributed by atoms with van der Waals surface area (Å²) in [6.45, 7) is 1.45. The Bertz CT molecular complexity index is 806. The van der Waals surface area contributed by atoms with Crippen LogP contribution in [0.4, 0.5) is 5.69 Å². The molecule has 8 heteroatoms. The maximum atomic E-state index is 12.4. The maximum Gasteiger partial charge on any atom is 0.335 e. The van der Waals surface area contributed by atoms with Gasteiger partial charge in [-0.25, -0.2) is 18.2 Å². The minimum absolute atomic E-state index is 0.0527. The quantitative estimate of drug-likeness (QED) is 0.806. The molecule has 2 aromatic rings. The molecule has 6 nitrogen and oxygen atoms in total. The van der Waals surface area contributed by atoms with Crippen molar-refractivity contribution >= 4 is 37.6 Å². The molecule has 1 aromatic carbocycles. The monoisotopic (exact) mass is 370 g/mol. The first-order valence-corrected chi connectivity index (χ1v) is 8.07. The molecular weight excluding hydrogens is 360 g/mol. The van der Waals surface area contributed by atoms with Crippen LogP contribution in [-0.2, 0) is 10.0 Å². The molecule has 1 heterocycles. The lowest BCUT2D eigenvalue weighted by Crippen LogP contribution is -2.16. The van der Waals surface area contributed by atoms with Crippen LogP contribution >= 0.6 is 15.9 Å². The number of pyridine rings is 1. The van der Waals surface area contributed by atoms with E-state index in [1.807, 2.05) is 0 Å². The molecule has 0 saturated heterocycles. The number of aromatic carboxylic acids is 1. The Balaban J connectivity index is 2.48. The average molecular weight is 371 g/mol. The van der Waals surface area contributed by atoms with Gasteiger partial charge in [-0.2, -0.15) is 0 Å². The van der Waals surface area contributed by atoms with Crippen LogP contribution < -0.4 is 4.72 Å². The zero-order valence-electron chi connectivity index (χ0n) is 10.9. The van der Waals surface area contributed by atoms with Crippen LogP contribution in [0.5, 0.6) is 0 Å². The van der Waals surface area contributed by atoms with Crippen molar-refractivity contribution in [2.75, 3.05) is 4.72 Å². The second-order valence-corrected chi connectivity index (χ2v) is 6.58. The highest BCUT2D eigenvalue weighted by atomic mass is 79.9.